The lowest BCUT2D eigenvalue weighted by molar-refractivity contribution is -0.140. The highest BCUT2D eigenvalue weighted by atomic mass is 35.5. The molecule has 0 bridgehead atoms. The fourth-order valence-electron chi connectivity index (χ4n) is 3.81. The number of amides is 1. The lowest BCUT2D eigenvalue weighted by atomic mass is 9.74. The normalized spacial score (nSPS) is 21.4. The lowest BCUT2D eigenvalue weighted by Crippen LogP contribution is -2.32. The highest BCUT2D eigenvalue weighted by Gasteiger charge is 2.48. The minimum atomic E-state index is -0.513. The summed E-state index contributed by atoms with van der Waals surface area (Å²) in [5, 5.41) is 0.570. The van der Waals surface area contributed by atoms with Gasteiger partial charge in [-0.15, -0.1) is 0 Å². The van der Waals surface area contributed by atoms with Gasteiger partial charge in [-0.3, -0.25) is 14.5 Å². The van der Waals surface area contributed by atoms with Gasteiger partial charge >= 0.3 is 5.97 Å². The maximum atomic E-state index is 13.3. The summed E-state index contributed by atoms with van der Waals surface area (Å²) in [6, 6.07) is 6.79. The number of rotatable bonds is 4. The van der Waals surface area contributed by atoms with Crippen molar-refractivity contribution in [1.29, 1.82) is 0 Å². The Labute approximate surface area is 163 Å². The number of hydrogen-bond donors (Lipinski definition) is 0. The van der Waals surface area contributed by atoms with Crippen LogP contribution >= 0.6 is 11.6 Å². The number of allylic oxidation sites excluding steroid dienone is 5. The van der Waals surface area contributed by atoms with Gasteiger partial charge in [0.1, 0.15) is 0 Å². The molecule has 1 aromatic rings. The first-order valence-electron chi connectivity index (χ1n) is 8.64. The summed E-state index contributed by atoms with van der Waals surface area (Å²) in [7, 11) is 2.99. The average molecular weight is 388 g/mol. The third-order valence-corrected chi connectivity index (χ3v) is 5.56. The molecule has 1 amide bonds. The molecule has 1 aromatic carbocycles. The predicted octanol–water partition coefficient (Wildman–Crippen LogP) is 4.46. The number of methoxy groups -OCH3 is 2. The molecule has 0 aromatic heterocycles. The molecule has 1 aliphatic carbocycles. The molecule has 2 aliphatic rings. The molecule has 0 N–H and O–H groups in total. The number of benzene rings is 1. The minimum absolute atomic E-state index is 0.123. The van der Waals surface area contributed by atoms with Gasteiger partial charge in [0.05, 0.1) is 26.4 Å². The van der Waals surface area contributed by atoms with E-state index in [1.807, 2.05) is 26.0 Å². The lowest BCUT2D eigenvalue weighted by Gasteiger charge is -2.34. The summed E-state index contributed by atoms with van der Waals surface area (Å²) >= 11 is 5.95. The summed E-state index contributed by atoms with van der Waals surface area (Å²) in [5.41, 5.74) is 2.47. The van der Waals surface area contributed by atoms with Crippen molar-refractivity contribution >= 4 is 23.5 Å². The molecule has 1 atom stereocenters. The van der Waals surface area contributed by atoms with E-state index in [2.05, 4.69) is 0 Å². The van der Waals surface area contributed by atoms with E-state index < -0.39 is 5.41 Å². The highest BCUT2D eigenvalue weighted by Crippen LogP contribution is 2.54. The van der Waals surface area contributed by atoms with Crippen LogP contribution in [0.4, 0.5) is 0 Å². The van der Waals surface area contributed by atoms with Crippen LogP contribution in [0.25, 0.3) is 0 Å². The first kappa shape index (κ1) is 19.2. The fraction of sp³-hybridized carbons (Fsp3) is 0.333. The molecule has 3 rings (SSSR count). The van der Waals surface area contributed by atoms with Crippen LogP contribution in [0, 0.1) is 5.41 Å². The van der Waals surface area contributed by atoms with Crippen molar-refractivity contribution in [3.8, 4) is 0 Å². The topological polar surface area (TPSA) is 55.8 Å². The predicted molar refractivity (Wildman–Crippen MR) is 103 cm³/mol. The van der Waals surface area contributed by atoms with E-state index in [0.717, 1.165) is 22.7 Å². The van der Waals surface area contributed by atoms with E-state index in [9.17, 15) is 9.59 Å². The van der Waals surface area contributed by atoms with Gasteiger partial charge < -0.3 is 9.47 Å². The molecular weight excluding hydrogens is 366 g/mol. The van der Waals surface area contributed by atoms with Gasteiger partial charge in [0, 0.05) is 33.8 Å². The van der Waals surface area contributed by atoms with Crippen molar-refractivity contribution in [3.63, 3.8) is 0 Å². The van der Waals surface area contributed by atoms with Crippen LogP contribution in [0.5, 0.6) is 0 Å². The molecule has 6 heteroatoms. The first-order chi connectivity index (χ1) is 12.8. The van der Waals surface area contributed by atoms with Gasteiger partial charge in [-0.1, -0.05) is 11.6 Å². The van der Waals surface area contributed by atoms with Crippen molar-refractivity contribution < 1.29 is 19.1 Å². The van der Waals surface area contributed by atoms with Crippen molar-refractivity contribution in [2.75, 3.05) is 14.2 Å². The number of carbonyl (C=O) groups is 2. The molecule has 27 heavy (non-hydrogen) atoms. The summed E-state index contributed by atoms with van der Waals surface area (Å²) in [6.45, 7) is 3.89. The van der Waals surface area contributed by atoms with Crippen molar-refractivity contribution in [3.05, 3.63) is 69.7 Å². The quantitative estimate of drug-likeness (QED) is 0.716. The van der Waals surface area contributed by atoms with Crippen LogP contribution in [0.3, 0.4) is 0 Å². The molecule has 142 valence electrons. The highest BCUT2D eigenvalue weighted by molar-refractivity contribution is 6.30. The summed E-state index contributed by atoms with van der Waals surface area (Å²) in [4.78, 5) is 27.0. The van der Waals surface area contributed by atoms with Crippen molar-refractivity contribution in [2.24, 2.45) is 5.41 Å². The van der Waals surface area contributed by atoms with Crippen LogP contribution in [-0.2, 0) is 14.3 Å². The average Bonchev–Trinajstić information content (AvgIpc) is 2.88. The zero-order valence-electron chi connectivity index (χ0n) is 15.8. The van der Waals surface area contributed by atoms with E-state index in [-0.39, 0.29) is 18.3 Å². The fourth-order valence-corrected chi connectivity index (χ4v) is 3.94. The third kappa shape index (κ3) is 3.28. The van der Waals surface area contributed by atoms with Crippen LogP contribution < -0.4 is 0 Å². The van der Waals surface area contributed by atoms with Gasteiger partial charge in [0.25, 0.3) is 5.91 Å². The number of carbonyl (C=O) groups excluding carboxylic acids is 2. The Balaban J connectivity index is 2.09. The Kier molecular flexibility index (Phi) is 5.16. The van der Waals surface area contributed by atoms with Gasteiger partial charge in [-0.05, 0) is 55.8 Å². The molecule has 0 saturated carbocycles. The second kappa shape index (κ2) is 7.24. The van der Waals surface area contributed by atoms with Gasteiger partial charge in [-0.25, -0.2) is 0 Å². The third-order valence-electron chi connectivity index (χ3n) is 5.30. The van der Waals surface area contributed by atoms with Crippen LogP contribution in [0.1, 0.15) is 37.0 Å². The second-order valence-corrected chi connectivity index (χ2v) is 7.30. The molecule has 5 nitrogen and oxygen atoms in total. The van der Waals surface area contributed by atoms with Crippen LogP contribution in [0.15, 0.2) is 59.1 Å². The number of hydrogen-bond acceptors (Lipinski definition) is 4. The van der Waals surface area contributed by atoms with E-state index >= 15 is 0 Å². The second-order valence-electron chi connectivity index (χ2n) is 6.86. The van der Waals surface area contributed by atoms with Gasteiger partial charge in [0.15, 0.2) is 0 Å². The molecular formula is C21H22ClNO4. The van der Waals surface area contributed by atoms with Crippen LogP contribution in [0.2, 0.25) is 5.02 Å². The molecule has 0 fully saturated rings. The Hall–Kier alpha value is -2.53. The zero-order chi connectivity index (χ0) is 19.8. The number of nitrogens with zero attached hydrogens (tertiary/aromatic N) is 1. The van der Waals surface area contributed by atoms with Gasteiger partial charge in [0.2, 0.25) is 0 Å². The van der Waals surface area contributed by atoms with E-state index in [0.29, 0.717) is 17.0 Å². The van der Waals surface area contributed by atoms with E-state index in [4.69, 9.17) is 21.1 Å². The summed E-state index contributed by atoms with van der Waals surface area (Å²) in [5.74, 6) is 0.312. The number of fused-ring (bicyclic) bond motifs is 1. The number of ether oxygens (including phenoxy) is 2. The summed E-state index contributed by atoms with van der Waals surface area (Å²) in [6.07, 6.45) is 4.46. The number of esters is 1. The largest absolute Gasteiger partial charge is 0.501 e. The summed E-state index contributed by atoms with van der Waals surface area (Å²) < 4.78 is 10.3. The van der Waals surface area contributed by atoms with E-state index in [1.54, 1.807) is 36.3 Å². The molecule has 1 unspecified atom stereocenters. The van der Waals surface area contributed by atoms with E-state index in [1.165, 1.54) is 7.11 Å². The molecule has 0 saturated heterocycles. The Bertz CT molecular complexity index is 882. The van der Waals surface area contributed by atoms with Crippen molar-refractivity contribution in [1.82, 2.24) is 4.90 Å². The SMILES string of the molecule is COC(=O)CC1=C(C)N(C(=O)c2ccc(Cl)cc2)C2=CC=C(OC)CC21C. The molecule has 1 heterocycles. The maximum Gasteiger partial charge on any atom is 0.309 e. The van der Waals surface area contributed by atoms with Crippen molar-refractivity contribution in [2.45, 2.75) is 26.7 Å². The monoisotopic (exact) mass is 387 g/mol. The number of halogens is 1. The smallest absolute Gasteiger partial charge is 0.309 e. The Morgan fingerprint density at radius 3 is 2.44 bits per heavy atom. The molecule has 0 spiro atoms. The Morgan fingerprint density at radius 1 is 1.19 bits per heavy atom. The maximum absolute atomic E-state index is 13.3. The Morgan fingerprint density at radius 2 is 1.85 bits per heavy atom. The molecule has 0 radical (unpaired) electrons. The molecule has 1 aliphatic heterocycles. The zero-order valence-corrected chi connectivity index (χ0v) is 16.6. The first-order valence-corrected chi connectivity index (χ1v) is 9.02. The van der Waals surface area contributed by atoms with Crippen LogP contribution in [-0.4, -0.2) is 31.0 Å². The minimum Gasteiger partial charge on any atom is -0.501 e. The van der Waals surface area contributed by atoms with Gasteiger partial charge in [-0.2, -0.15) is 0 Å². The standard InChI is InChI=1S/C21H22ClNO4/c1-13-17(11-19(24)27-4)21(2)12-16(26-3)9-10-18(21)23(13)20(25)14-5-7-15(22)8-6-14/h5-10H,11-12H2,1-4H3.